The summed E-state index contributed by atoms with van der Waals surface area (Å²) in [5, 5.41) is 6.42. The van der Waals surface area contributed by atoms with Gasteiger partial charge in [0, 0.05) is 18.8 Å². The van der Waals surface area contributed by atoms with Crippen LogP contribution in [0.15, 0.2) is 40.6 Å². The number of thiocarbonyl (C=S) groups is 1. The van der Waals surface area contributed by atoms with E-state index in [4.69, 9.17) is 17.0 Å². The van der Waals surface area contributed by atoms with Crippen molar-refractivity contribution < 1.29 is 14.3 Å². The third kappa shape index (κ3) is 5.52. The normalized spacial score (nSPS) is 18.7. The number of hydrogen-bond acceptors (Lipinski definition) is 6. The van der Waals surface area contributed by atoms with Gasteiger partial charge in [-0.25, -0.2) is 0 Å². The lowest BCUT2D eigenvalue weighted by molar-refractivity contribution is -0.146. The van der Waals surface area contributed by atoms with Crippen LogP contribution in [0, 0.1) is 5.92 Å². The lowest BCUT2D eigenvalue weighted by Gasteiger charge is -2.32. The van der Waals surface area contributed by atoms with Crippen molar-refractivity contribution in [3.8, 4) is 0 Å². The number of amides is 1. The minimum Gasteiger partial charge on any atom is -0.469 e. The van der Waals surface area contributed by atoms with Gasteiger partial charge in [-0.05, 0) is 62.0 Å². The molecule has 1 amide bonds. The van der Waals surface area contributed by atoms with Crippen LogP contribution < -0.4 is 15.9 Å². The Hall–Kier alpha value is -2.94. The first-order chi connectivity index (χ1) is 15.5. The first-order valence-electron chi connectivity index (χ1n) is 11.1. The maximum Gasteiger partial charge on any atom is 0.308 e. The molecule has 0 aromatic heterocycles. The molecular weight excluding hydrogens is 438 g/mol. The quantitative estimate of drug-likeness (QED) is 0.302. The van der Waals surface area contributed by atoms with Gasteiger partial charge in [0.15, 0.2) is 5.11 Å². The van der Waals surface area contributed by atoms with E-state index in [2.05, 4.69) is 36.7 Å². The van der Waals surface area contributed by atoms with Gasteiger partial charge in [-0.3, -0.25) is 15.0 Å². The molecule has 1 aromatic carbocycles. The van der Waals surface area contributed by atoms with Gasteiger partial charge in [0.1, 0.15) is 0 Å². The number of carbonyl (C=O) groups is 2. The molecule has 33 heavy (non-hydrogen) atoms. The first kappa shape index (κ1) is 24.7. The number of likely N-dealkylation sites (tertiary alicyclic amines) is 1. The maximum absolute atomic E-state index is 13.1. The minimum atomic E-state index is -0.187. The number of hydrogen-bond donors (Lipinski definition) is 2. The van der Waals surface area contributed by atoms with Crippen molar-refractivity contribution in [3.05, 3.63) is 41.1 Å². The Bertz CT molecular complexity index is 986. The Morgan fingerprint density at radius 1 is 1.15 bits per heavy atom. The van der Waals surface area contributed by atoms with Crippen molar-refractivity contribution >= 4 is 40.6 Å². The SMILES string of the molecule is COC(=O)C1CCN(C(=S)NNC(C)=C2C(=O)N(c3ccc(C(C)(C)C)cc3)N=C2C)CC1. The fourth-order valence-corrected chi connectivity index (χ4v) is 4.22. The van der Waals surface area contributed by atoms with E-state index >= 15 is 0 Å². The highest BCUT2D eigenvalue weighted by atomic mass is 32.1. The molecule has 0 radical (unpaired) electrons. The molecule has 0 aliphatic carbocycles. The number of allylic oxidation sites excluding steroid dienone is 1. The van der Waals surface area contributed by atoms with Gasteiger partial charge in [-0.2, -0.15) is 10.1 Å². The van der Waals surface area contributed by atoms with E-state index in [-0.39, 0.29) is 23.2 Å². The predicted molar refractivity (Wildman–Crippen MR) is 134 cm³/mol. The van der Waals surface area contributed by atoms with Gasteiger partial charge < -0.3 is 15.1 Å². The summed E-state index contributed by atoms with van der Waals surface area (Å²) in [6.07, 6.45) is 1.39. The summed E-state index contributed by atoms with van der Waals surface area (Å²) in [5.41, 5.74) is 9.82. The molecule has 0 saturated carbocycles. The van der Waals surface area contributed by atoms with Crippen LogP contribution in [-0.4, -0.2) is 47.8 Å². The van der Waals surface area contributed by atoms with Crippen LogP contribution in [-0.2, 0) is 19.7 Å². The molecular formula is C24H33N5O3S. The number of methoxy groups -OCH3 is 1. The van der Waals surface area contributed by atoms with Gasteiger partial charge in [0.05, 0.1) is 30.0 Å². The summed E-state index contributed by atoms with van der Waals surface area (Å²) in [4.78, 5) is 26.8. The molecule has 8 nitrogen and oxygen atoms in total. The monoisotopic (exact) mass is 471 g/mol. The van der Waals surface area contributed by atoms with Crippen LogP contribution >= 0.6 is 12.2 Å². The van der Waals surface area contributed by atoms with E-state index < -0.39 is 0 Å². The second kappa shape index (κ2) is 9.91. The van der Waals surface area contributed by atoms with Crippen molar-refractivity contribution in [2.75, 3.05) is 25.2 Å². The van der Waals surface area contributed by atoms with Crippen LogP contribution in [0.4, 0.5) is 5.69 Å². The predicted octanol–water partition coefficient (Wildman–Crippen LogP) is 3.24. The number of hydrazone groups is 1. The molecule has 1 aromatic rings. The molecule has 0 unspecified atom stereocenters. The van der Waals surface area contributed by atoms with E-state index in [1.54, 1.807) is 0 Å². The summed E-state index contributed by atoms with van der Waals surface area (Å²) >= 11 is 5.49. The first-order valence-corrected chi connectivity index (χ1v) is 11.5. The molecule has 0 bridgehead atoms. The van der Waals surface area contributed by atoms with Gasteiger partial charge in [-0.15, -0.1) is 0 Å². The Morgan fingerprint density at radius 2 is 1.76 bits per heavy atom. The highest BCUT2D eigenvalue weighted by molar-refractivity contribution is 7.80. The molecule has 2 N–H and O–H groups in total. The van der Waals surface area contributed by atoms with Gasteiger partial charge in [-0.1, -0.05) is 32.9 Å². The van der Waals surface area contributed by atoms with Crippen LogP contribution in [0.1, 0.15) is 53.0 Å². The molecule has 0 spiro atoms. The smallest absolute Gasteiger partial charge is 0.308 e. The summed E-state index contributed by atoms with van der Waals surface area (Å²) in [6, 6.07) is 7.91. The van der Waals surface area contributed by atoms with Crippen molar-refractivity contribution in [1.82, 2.24) is 15.8 Å². The van der Waals surface area contributed by atoms with E-state index in [9.17, 15) is 9.59 Å². The zero-order chi connectivity index (χ0) is 24.3. The fourth-order valence-electron chi connectivity index (χ4n) is 3.99. The van der Waals surface area contributed by atoms with Crippen LogP contribution in [0.5, 0.6) is 0 Å². The zero-order valence-electron chi connectivity index (χ0n) is 20.2. The number of ether oxygens (including phenoxy) is 1. The molecule has 0 atom stereocenters. The molecule has 2 aliphatic rings. The summed E-state index contributed by atoms with van der Waals surface area (Å²) in [7, 11) is 1.42. The number of benzene rings is 1. The largest absolute Gasteiger partial charge is 0.469 e. The van der Waals surface area contributed by atoms with Gasteiger partial charge >= 0.3 is 5.97 Å². The number of esters is 1. The lowest BCUT2D eigenvalue weighted by atomic mass is 9.87. The fraction of sp³-hybridized carbons (Fsp3) is 0.500. The molecule has 178 valence electrons. The number of nitrogens with one attached hydrogen (secondary N) is 2. The van der Waals surface area contributed by atoms with E-state index in [0.717, 1.165) is 5.69 Å². The second-order valence-corrected chi connectivity index (χ2v) is 9.83. The van der Waals surface area contributed by atoms with Crippen LogP contribution in [0.25, 0.3) is 0 Å². The third-order valence-corrected chi connectivity index (χ3v) is 6.40. The van der Waals surface area contributed by atoms with E-state index in [1.165, 1.54) is 17.7 Å². The summed E-state index contributed by atoms with van der Waals surface area (Å²) in [5.74, 6) is -0.434. The number of rotatable bonds is 4. The standard InChI is InChI=1S/C24H33N5O3S/c1-15(25-26-23(33)28-13-11-17(12-14-28)22(31)32-6)20-16(2)27-29(21(20)30)19-9-7-18(8-10-19)24(3,4)5/h7-10,17,25H,11-14H2,1-6H3,(H,26,33). The average molecular weight is 472 g/mol. The Morgan fingerprint density at radius 3 is 2.30 bits per heavy atom. The Balaban J connectivity index is 1.62. The number of anilines is 1. The Kier molecular flexibility index (Phi) is 7.41. The molecule has 1 fully saturated rings. The second-order valence-electron chi connectivity index (χ2n) is 9.44. The summed E-state index contributed by atoms with van der Waals surface area (Å²) < 4.78 is 4.83. The minimum absolute atomic E-state index is 0.0387. The molecule has 2 heterocycles. The Labute approximate surface area is 201 Å². The van der Waals surface area contributed by atoms with Crippen molar-refractivity contribution in [1.29, 1.82) is 0 Å². The molecule has 2 aliphatic heterocycles. The number of piperidine rings is 1. The van der Waals surface area contributed by atoms with Crippen molar-refractivity contribution in [2.45, 2.75) is 52.9 Å². The lowest BCUT2D eigenvalue weighted by Crippen LogP contribution is -2.49. The highest BCUT2D eigenvalue weighted by Gasteiger charge is 2.31. The topological polar surface area (TPSA) is 86.3 Å². The highest BCUT2D eigenvalue weighted by Crippen LogP contribution is 2.28. The third-order valence-electron chi connectivity index (χ3n) is 6.04. The van der Waals surface area contributed by atoms with E-state index in [1.807, 2.05) is 43.0 Å². The van der Waals surface area contributed by atoms with E-state index in [0.29, 0.717) is 48.0 Å². The number of hydrazine groups is 1. The summed E-state index contributed by atoms with van der Waals surface area (Å²) in [6.45, 7) is 11.4. The molecule has 1 saturated heterocycles. The van der Waals surface area contributed by atoms with Gasteiger partial charge in [0.25, 0.3) is 5.91 Å². The number of nitrogens with zero attached hydrogens (tertiary/aromatic N) is 3. The van der Waals surface area contributed by atoms with Crippen molar-refractivity contribution in [3.63, 3.8) is 0 Å². The van der Waals surface area contributed by atoms with Crippen molar-refractivity contribution in [2.24, 2.45) is 11.0 Å². The maximum atomic E-state index is 13.1. The zero-order valence-corrected chi connectivity index (χ0v) is 21.0. The molecule has 3 rings (SSSR count). The van der Waals surface area contributed by atoms with Crippen LogP contribution in [0.3, 0.4) is 0 Å². The van der Waals surface area contributed by atoms with Crippen LogP contribution in [0.2, 0.25) is 0 Å². The van der Waals surface area contributed by atoms with Gasteiger partial charge in [0.2, 0.25) is 0 Å². The molecule has 9 heteroatoms. The average Bonchev–Trinajstić information content (AvgIpc) is 3.10. The number of carbonyl (C=O) groups excluding carboxylic acids is 2.